The first-order chi connectivity index (χ1) is 10.9. The minimum atomic E-state index is -4.47. The van der Waals surface area contributed by atoms with Gasteiger partial charge in [0.25, 0.3) is 0 Å². The van der Waals surface area contributed by atoms with Gasteiger partial charge < -0.3 is 9.14 Å². The van der Waals surface area contributed by atoms with E-state index in [9.17, 15) is 18.0 Å². The third-order valence-electron chi connectivity index (χ3n) is 3.45. The number of nitrogens with zero attached hydrogens (tertiary/aromatic N) is 2. The van der Waals surface area contributed by atoms with Crippen LogP contribution in [0.5, 0.6) is 0 Å². The van der Waals surface area contributed by atoms with Crippen molar-refractivity contribution in [3.05, 3.63) is 60.0 Å². The van der Waals surface area contributed by atoms with E-state index < -0.39 is 17.7 Å². The molecule has 0 aliphatic heterocycles. The SMILES string of the molecule is COC(=O)c1ccn2ccnc2c1-c1cccc(C(F)(F)F)c1. The molecule has 0 bridgehead atoms. The van der Waals surface area contributed by atoms with Crippen LogP contribution in [0, 0.1) is 0 Å². The standard InChI is InChI=1S/C16H11F3N2O2/c1-23-15(22)12-5-7-21-8-6-20-14(21)13(12)10-3-2-4-11(9-10)16(17,18)19/h2-9H,1H3. The number of imidazole rings is 1. The monoisotopic (exact) mass is 320 g/mol. The van der Waals surface area contributed by atoms with Crippen LogP contribution in [-0.4, -0.2) is 22.5 Å². The summed E-state index contributed by atoms with van der Waals surface area (Å²) < 4.78 is 45.2. The van der Waals surface area contributed by atoms with Crippen LogP contribution in [0.4, 0.5) is 13.2 Å². The highest BCUT2D eigenvalue weighted by molar-refractivity contribution is 6.01. The van der Waals surface area contributed by atoms with Crippen molar-refractivity contribution in [3.63, 3.8) is 0 Å². The summed E-state index contributed by atoms with van der Waals surface area (Å²) in [5.74, 6) is -0.636. The third kappa shape index (κ3) is 2.65. The van der Waals surface area contributed by atoms with Gasteiger partial charge in [-0.1, -0.05) is 12.1 Å². The van der Waals surface area contributed by atoms with Crippen molar-refractivity contribution in [2.24, 2.45) is 0 Å². The maximum Gasteiger partial charge on any atom is 0.416 e. The lowest BCUT2D eigenvalue weighted by Crippen LogP contribution is -2.07. The summed E-state index contributed by atoms with van der Waals surface area (Å²) in [5, 5.41) is 0. The first-order valence-electron chi connectivity index (χ1n) is 6.63. The van der Waals surface area contributed by atoms with Gasteiger partial charge in [-0.15, -0.1) is 0 Å². The summed E-state index contributed by atoms with van der Waals surface area (Å²) in [6.07, 6.45) is 0.286. The molecule has 7 heteroatoms. The zero-order chi connectivity index (χ0) is 16.6. The second kappa shape index (κ2) is 5.42. The van der Waals surface area contributed by atoms with Crippen molar-refractivity contribution in [1.29, 1.82) is 0 Å². The van der Waals surface area contributed by atoms with Gasteiger partial charge in [0.05, 0.1) is 18.2 Å². The van der Waals surface area contributed by atoms with Crippen LogP contribution in [0.1, 0.15) is 15.9 Å². The number of benzene rings is 1. The Morgan fingerprint density at radius 2 is 2.00 bits per heavy atom. The molecule has 3 aromatic rings. The minimum Gasteiger partial charge on any atom is -0.465 e. The maximum absolute atomic E-state index is 13.0. The van der Waals surface area contributed by atoms with Gasteiger partial charge in [0.2, 0.25) is 0 Å². The fourth-order valence-electron chi connectivity index (χ4n) is 2.40. The van der Waals surface area contributed by atoms with Crippen LogP contribution in [0.15, 0.2) is 48.9 Å². The molecule has 0 saturated heterocycles. The highest BCUT2D eigenvalue weighted by Gasteiger charge is 2.31. The summed E-state index contributed by atoms with van der Waals surface area (Å²) >= 11 is 0. The Kier molecular flexibility index (Phi) is 3.55. The van der Waals surface area contributed by atoms with Gasteiger partial charge >= 0.3 is 12.1 Å². The van der Waals surface area contributed by atoms with Crippen molar-refractivity contribution < 1.29 is 22.7 Å². The predicted octanol–water partition coefficient (Wildman–Crippen LogP) is 3.81. The smallest absolute Gasteiger partial charge is 0.416 e. The Labute approximate surface area is 129 Å². The van der Waals surface area contributed by atoms with Crippen LogP contribution < -0.4 is 0 Å². The molecule has 0 fully saturated rings. The molecule has 2 aromatic heterocycles. The maximum atomic E-state index is 13.0. The van der Waals surface area contributed by atoms with E-state index in [1.54, 1.807) is 16.8 Å². The molecule has 2 heterocycles. The molecule has 118 valence electrons. The van der Waals surface area contributed by atoms with E-state index in [0.717, 1.165) is 12.1 Å². The zero-order valence-corrected chi connectivity index (χ0v) is 12.0. The van der Waals surface area contributed by atoms with E-state index >= 15 is 0 Å². The first-order valence-corrected chi connectivity index (χ1v) is 6.63. The van der Waals surface area contributed by atoms with E-state index in [0.29, 0.717) is 11.2 Å². The lowest BCUT2D eigenvalue weighted by atomic mass is 9.99. The molecule has 0 unspecified atom stereocenters. The highest BCUT2D eigenvalue weighted by atomic mass is 19.4. The van der Waals surface area contributed by atoms with E-state index in [2.05, 4.69) is 4.98 Å². The molecule has 23 heavy (non-hydrogen) atoms. The Morgan fingerprint density at radius 1 is 1.22 bits per heavy atom. The van der Waals surface area contributed by atoms with Gasteiger partial charge in [-0.3, -0.25) is 0 Å². The Morgan fingerprint density at radius 3 is 2.70 bits per heavy atom. The number of aromatic nitrogens is 2. The summed E-state index contributed by atoms with van der Waals surface area (Å²) in [5.41, 5.74) is 0.296. The van der Waals surface area contributed by atoms with E-state index in [-0.39, 0.29) is 11.1 Å². The molecule has 0 spiro atoms. The van der Waals surface area contributed by atoms with Gasteiger partial charge in [0, 0.05) is 24.2 Å². The second-order valence-electron chi connectivity index (χ2n) is 4.83. The molecule has 0 atom stereocenters. The zero-order valence-electron chi connectivity index (χ0n) is 12.0. The minimum absolute atomic E-state index is 0.158. The van der Waals surface area contributed by atoms with Crippen LogP contribution in [0.2, 0.25) is 0 Å². The number of hydrogen-bond donors (Lipinski definition) is 0. The molecule has 0 N–H and O–H groups in total. The number of esters is 1. The average molecular weight is 320 g/mol. The van der Waals surface area contributed by atoms with Gasteiger partial charge in [0.15, 0.2) is 0 Å². The summed E-state index contributed by atoms with van der Waals surface area (Å²) in [7, 11) is 1.22. The molecule has 0 amide bonds. The Hall–Kier alpha value is -2.83. The Balaban J connectivity index is 2.30. The molecule has 1 aromatic carbocycles. The van der Waals surface area contributed by atoms with E-state index in [1.807, 2.05) is 0 Å². The fourth-order valence-corrected chi connectivity index (χ4v) is 2.40. The number of carbonyl (C=O) groups excluding carboxylic acids is 1. The normalized spacial score (nSPS) is 11.7. The topological polar surface area (TPSA) is 43.6 Å². The van der Waals surface area contributed by atoms with Crippen LogP contribution in [0.25, 0.3) is 16.8 Å². The van der Waals surface area contributed by atoms with Crippen LogP contribution in [0.3, 0.4) is 0 Å². The molecule has 0 radical (unpaired) electrons. The molecule has 4 nitrogen and oxygen atoms in total. The average Bonchev–Trinajstić information content (AvgIpc) is 3.01. The first kappa shape index (κ1) is 15.1. The largest absolute Gasteiger partial charge is 0.465 e. The van der Waals surface area contributed by atoms with Crippen molar-refractivity contribution in [3.8, 4) is 11.1 Å². The number of fused-ring (bicyclic) bond motifs is 1. The number of alkyl halides is 3. The number of pyridine rings is 1. The van der Waals surface area contributed by atoms with Gasteiger partial charge in [-0.2, -0.15) is 13.2 Å². The predicted molar refractivity (Wildman–Crippen MR) is 77.0 cm³/mol. The van der Waals surface area contributed by atoms with E-state index in [1.165, 1.54) is 31.5 Å². The molecule has 0 aliphatic rings. The molecule has 0 saturated carbocycles. The number of carbonyl (C=O) groups is 1. The lowest BCUT2D eigenvalue weighted by Gasteiger charge is -2.12. The van der Waals surface area contributed by atoms with Crippen LogP contribution in [-0.2, 0) is 10.9 Å². The Bertz CT molecular complexity index is 884. The third-order valence-corrected chi connectivity index (χ3v) is 3.45. The summed E-state index contributed by atoms with van der Waals surface area (Å²) in [6, 6.07) is 6.27. The van der Waals surface area contributed by atoms with Gasteiger partial charge in [-0.05, 0) is 23.8 Å². The van der Waals surface area contributed by atoms with Gasteiger partial charge in [0.1, 0.15) is 5.65 Å². The van der Waals surface area contributed by atoms with E-state index in [4.69, 9.17) is 4.74 Å². The van der Waals surface area contributed by atoms with Crippen LogP contribution >= 0.6 is 0 Å². The lowest BCUT2D eigenvalue weighted by molar-refractivity contribution is -0.137. The van der Waals surface area contributed by atoms with Crippen molar-refractivity contribution in [1.82, 2.24) is 9.38 Å². The fraction of sp³-hybridized carbons (Fsp3) is 0.125. The summed E-state index contributed by atoms with van der Waals surface area (Å²) in [6.45, 7) is 0. The van der Waals surface area contributed by atoms with Crippen molar-refractivity contribution in [2.75, 3.05) is 7.11 Å². The number of hydrogen-bond acceptors (Lipinski definition) is 3. The summed E-state index contributed by atoms with van der Waals surface area (Å²) in [4.78, 5) is 16.1. The number of methoxy groups -OCH3 is 1. The highest BCUT2D eigenvalue weighted by Crippen LogP contribution is 2.34. The molecular weight excluding hydrogens is 309 g/mol. The number of halogens is 3. The second-order valence-corrected chi connectivity index (χ2v) is 4.83. The molecule has 0 aliphatic carbocycles. The quantitative estimate of drug-likeness (QED) is 0.675. The van der Waals surface area contributed by atoms with Crippen molar-refractivity contribution >= 4 is 11.6 Å². The van der Waals surface area contributed by atoms with Gasteiger partial charge in [-0.25, -0.2) is 9.78 Å². The number of ether oxygens (including phenoxy) is 1. The number of rotatable bonds is 2. The molecular formula is C16H11F3N2O2. The van der Waals surface area contributed by atoms with Crippen molar-refractivity contribution in [2.45, 2.75) is 6.18 Å². The molecule has 3 rings (SSSR count).